The highest BCUT2D eigenvalue weighted by Crippen LogP contribution is 2.15. The summed E-state index contributed by atoms with van der Waals surface area (Å²) in [5.74, 6) is -0.167. The summed E-state index contributed by atoms with van der Waals surface area (Å²) in [6.07, 6.45) is 4.88. The second-order valence-corrected chi connectivity index (χ2v) is 5.02. The fourth-order valence-electron chi connectivity index (χ4n) is 2.37. The van der Waals surface area contributed by atoms with Gasteiger partial charge in [-0.25, -0.2) is 4.98 Å². The van der Waals surface area contributed by atoms with Crippen molar-refractivity contribution < 1.29 is 9.72 Å². The van der Waals surface area contributed by atoms with Crippen molar-refractivity contribution >= 4 is 23.2 Å². The topological polar surface area (TPSA) is 77.5 Å². The highest BCUT2D eigenvalue weighted by atomic mass is 16.6. The van der Waals surface area contributed by atoms with Crippen LogP contribution in [0.1, 0.15) is 21.7 Å². The van der Waals surface area contributed by atoms with Crippen LogP contribution < -0.4 is 0 Å². The first-order valence-corrected chi connectivity index (χ1v) is 6.97. The van der Waals surface area contributed by atoms with Gasteiger partial charge in [0.1, 0.15) is 11.3 Å². The molecule has 0 unspecified atom stereocenters. The van der Waals surface area contributed by atoms with Crippen molar-refractivity contribution in [2.75, 3.05) is 0 Å². The Hall–Kier alpha value is -3.28. The monoisotopic (exact) mass is 307 g/mol. The number of hydrogen-bond acceptors (Lipinski definition) is 4. The van der Waals surface area contributed by atoms with Crippen LogP contribution in [0.3, 0.4) is 0 Å². The van der Waals surface area contributed by atoms with Gasteiger partial charge in [0, 0.05) is 18.3 Å². The van der Waals surface area contributed by atoms with E-state index in [-0.39, 0.29) is 11.5 Å². The molecule has 2 heterocycles. The molecule has 0 atom stereocenters. The lowest BCUT2D eigenvalue weighted by molar-refractivity contribution is -0.384. The first kappa shape index (κ1) is 14.6. The molecule has 114 valence electrons. The van der Waals surface area contributed by atoms with Crippen LogP contribution in [0.25, 0.3) is 11.7 Å². The number of nitro benzene ring substituents is 1. The van der Waals surface area contributed by atoms with E-state index in [9.17, 15) is 14.9 Å². The quantitative estimate of drug-likeness (QED) is 0.320. The summed E-state index contributed by atoms with van der Waals surface area (Å²) in [5, 5.41) is 10.6. The van der Waals surface area contributed by atoms with Gasteiger partial charge in [-0.1, -0.05) is 12.1 Å². The van der Waals surface area contributed by atoms with Crippen molar-refractivity contribution in [3.8, 4) is 0 Å². The Balaban J connectivity index is 1.88. The third kappa shape index (κ3) is 2.87. The number of hydrogen-bond donors (Lipinski definition) is 0. The fourth-order valence-corrected chi connectivity index (χ4v) is 2.37. The highest BCUT2D eigenvalue weighted by molar-refractivity contribution is 6.07. The molecule has 6 nitrogen and oxygen atoms in total. The van der Waals surface area contributed by atoms with Crippen LogP contribution in [0, 0.1) is 17.0 Å². The van der Waals surface area contributed by atoms with E-state index in [0.717, 1.165) is 11.2 Å². The lowest BCUT2D eigenvalue weighted by Gasteiger charge is -1.98. The molecular formula is C17H13N3O3. The molecule has 2 aromatic heterocycles. The lowest BCUT2D eigenvalue weighted by Crippen LogP contribution is -2.01. The number of nitrogens with zero attached hydrogens (tertiary/aromatic N) is 3. The number of ketones is 1. The number of pyridine rings is 1. The number of benzene rings is 1. The van der Waals surface area contributed by atoms with Crippen molar-refractivity contribution in [2.24, 2.45) is 0 Å². The molecule has 0 aliphatic heterocycles. The number of aromatic nitrogens is 2. The average Bonchev–Trinajstić information content (AvgIpc) is 2.88. The van der Waals surface area contributed by atoms with Gasteiger partial charge in [0.15, 0.2) is 0 Å². The van der Waals surface area contributed by atoms with E-state index in [0.29, 0.717) is 11.4 Å². The third-order valence-corrected chi connectivity index (χ3v) is 3.47. The van der Waals surface area contributed by atoms with E-state index < -0.39 is 4.92 Å². The molecule has 0 saturated heterocycles. The normalized spacial score (nSPS) is 11.2. The number of rotatable bonds is 4. The zero-order chi connectivity index (χ0) is 16.4. The van der Waals surface area contributed by atoms with E-state index >= 15 is 0 Å². The zero-order valence-corrected chi connectivity index (χ0v) is 12.3. The maximum Gasteiger partial charge on any atom is 0.269 e. The molecule has 23 heavy (non-hydrogen) atoms. The standard InChI is InChI=1S/C17H13N3O3/c1-12-17(19-11-3-2-4-16(19)18-12)15(21)10-7-13-5-8-14(9-6-13)20(22)23/h2-11H,1H3/b10-7+. The minimum Gasteiger partial charge on any atom is -0.297 e. The van der Waals surface area contributed by atoms with Crippen LogP contribution in [-0.2, 0) is 0 Å². The summed E-state index contributed by atoms with van der Waals surface area (Å²) < 4.78 is 1.75. The maximum absolute atomic E-state index is 12.4. The Morgan fingerprint density at radius 1 is 1.22 bits per heavy atom. The minimum absolute atomic E-state index is 0.0195. The summed E-state index contributed by atoms with van der Waals surface area (Å²) in [6, 6.07) is 11.6. The molecule has 3 rings (SSSR count). The number of carbonyl (C=O) groups excluding carboxylic acids is 1. The molecule has 0 amide bonds. The van der Waals surface area contributed by atoms with Crippen LogP contribution in [0.4, 0.5) is 5.69 Å². The molecule has 0 aliphatic rings. The van der Waals surface area contributed by atoms with Gasteiger partial charge in [-0.15, -0.1) is 0 Å². The molecule has 0 aliphatic carbocycles. The van der Waals surface area contributed by atoms with Gasteiger partial charge in [0.25, 0.3) is 5.69 Å². The van der Waals surface area contributed by atoms with Gasteiger partial charge in [-0.2, -0.15) is 0 Å². The van der Waals surface area contributed by atoms with Gasteiger partial charge in [0.05, 0.1) is 10.6 Å². The minimum atomic E-state index is -0.458. The summed E-state index contributed by atoms with van der Waals surface area (Å²) in [7, 11) is 0. The molecule has 0 fully saturated rings. The SMILES string of the molecule is Cc1nc2ccccn2c1C(=O)/C=C/c1ccc([N+](=O)[O-])cc1. The second-order valence-electron chi connectivity index (χ2n) is 5.02. The maximum atomic E-state index is 12.4. The number of carbonyl (C=O) groups is 1. The molecule has 1 aromatic carbocycles. The van der Waals surface area contributed by atoms with E-state index in [1.807, 2.05) is 18.2 Å². The molecular weight excluding hydrogens is 294 g/mol. The van der Waals surface area contributed by atoms with Crippen LogP contribution in [0.5, 0.6) is 0 Å². The fraction of sp³-hybridized carbons (Fsp3) is 0.0588. The summed E-state index contributed by atoms with van der Waals surface area (Å²) in [5.41, 5.74) is 2.63. The second kappa shape index (κ2) is 5.84. The van der Waals surface area contributed by atoms with Crippen molar-refractivity contribution in [1.29, 1.82) is 0 Å². The first-order valence-electron chi connectivity index (χ1n) is 6.97. The zero-order valence-electron chi connectivity index (χ0n) is 12.3. The molecule has 0 bridgehead atoms. The van der Waals surface area contributed by atoms with Crippen LogP contribution in [0.15, 0.2) is 54.7 Å². The van der Waals surface area contributed by atoms with E-state index in [1.165, 1.54) is 18.2 Å². The van der Waals surface area contributed by atoms with Gasteiger partial charge < -0.3 is 0 Å². The number of aryl methyl sites for hydroxylation is 1. The van der Waals surface area contributed by atoms with Gasteiger partial charge in [-0.05, 0) is 42.8 Å². The number of fused-ring (bicyclic) bond motifs is 1. The molecule has 0 saturated carbocycles. The first-order chi connectivity index (χ1) is 11.1. The van der Waals surface area contributed by atoms with Gasteiger partial charge >= 0.3 is 0 Å². The van der Waals surface area contributed by atoms with Crippen LogP contribution >= 0.6 is 0 Å². The smallest absolute Gasteiger partial charge is 0.269 e. The lowest BCUT2D eigenvalue weighted by atomic mass is 10.1. The Morgan fingerprint density at radius 2 is 1.96 bits per heavy atom. The van der Waals surface area contributed by atoms with E-state index in [4.69, 9.17) is 0 Å². The molecule has 0 spiro atoms. The van der Waals surface area contributed by atoms with Gasteiger partial charge in [-0.3, -0.25) is 19.3 Å². The van der Waals surface area contributed by atoms with E-state index in [2.05, 4.69) is 4.98 Å². The summed E-state index contributed by atoms with van der Waals surface area (Å²) in [4.78, 5) is 26.9. The Labute approximate surface area is 131 Å². The summed E-state index contributed by atoms with van der Waals surface area (Å²) >= 11 is 0. The predicted octanol–water partition coefficient (Wildman–Crippen LogP) is 3.45. The van der Waals surface area contributed by atoms with Gasteiger partial charge in [0.2, 0.25) is 5.78 Å². The molecule has 3 aromatic rings. The predicted molar refractivity (Wildman–Crippen MR) is 86.4 cm³/mol. The van der Waals surface area contributed by atoms with Crippen molar-refractivity contribution in [2.45, 2.75) is 6.92 Å². The van der Waals surface area contributed by atoms with Crippen LogP contribution in [0.2, 0.25) is 0 Å². The molecule has 0 radical (unpaired) electrons. The largest absolute Gasteiger partial charge is 0.297 e. The summed E-state index contributed by atoms with van der Waals surface area (Å²) in [6.45, 7) is 1.79. The molecule has 6 heteroatoms. The molecule has 0 N–H and O–H groups in total. The Bertz CT molecular complexity index is 924. The van der Waals surface area contributed by atoms with Crippen molar-refractivity contribution in [1.82, 2.24) is 9.38 Å². The number of allylic oxidation sites excluding steroid dienone is 1. The highest BCUT2D eigenvalue weighted by Gasteiger charge is 2.13. The van der Waals surface area contributed by atoms with Crippen molar-refractivity contribution in [3.63, 3.8) is 0 Å². The van der Waals surface area contributed by atoms with E-state index in [1.54, 1.807) is 35.7 Å². The number of non-ortho nitro benzene ring substituents is 1. The Kier molecular flexibility index (Phi) is 3.72. The number of nitro groups is 1. The third-order valence-electron chi connectivity index (χ3n) is 3.47. The van der Waals surface area contributed by atoms with Crippen molar-refractivity contribution in [3.05, 3.63) is 81.8 Å². The average molecular weight is 307 g/mol. The number of imidazole rings is 1. The van der Waals surface area contributed by atoms with Crippen LogP contribution in [-0.4, -0.2) is 20.1 Å². The Morgan fingerprint density at radius 3 is 2.65 bits per heavy atom.